The van der Waals surface area contributed by atoms with Crippen molar-refractivity contribution in [2.45, 2.75) is 13.8 Å². The first-order valence-corrected chi connectivity index (χ1v) is 5.40. The van der Waals surface area contributed by atoms with E-state index in [0.717, 1.165) is 5.56 Å². The number of carbonyl (C=O) groups is 1. The molecule has 0 aliphatic heterocycles. The summed E-state index contributed by atoms with van der Waals surface area (Å²) in [4.78, 5) is 16.1. The lowest BCUT2D eigenvalue weighted by atomic mass is 10.1. The Kier molecular flexibility index (Phi) is 4.37. The number of nitrogens with zero attached hydrogens (tertiary/aromatic N) is 1. The van der Waals surface area contributed by atoms with E-state index < -0.39 is 0 Å². The molecule has 5 heteroatoms. The molecule has 0 saturated heterocycles. The van der Waals surface area contributed by atoms with E-state index in [0.29, 0.717) is 17.1 Å². The van der Waals surface area contributed by atoms with Gasteiger partial charge in [0.15, 0.2) is 0 Å². The Labute approximate surface area is 100 Å². The molecule has 86 valence electrons. The Hall–Kier alpha value is -1.49. The molecule has 1 unspecified atom stereocenters. The third kappa shape index (κ3) is 3.58. The molecule has 0 aromatic carbocycles. The number of amides is 1. The SMILES string of the molecule is Cc1cncc(C(=O)NCC(C)C(N)=S)c1. The predicted molar refractivity (Wildman–Crippen MR) is 67.3 cm³/mol. The highest BCUT2D eigenvalue weighted by Gasteiger charge is 2.09. The zero-order chi connectivity index (χ0) is 12.1. The fraction of sp³-hybridized carbons (Fsp3) is 0.364. The van der Waals surface area contributed by atoms with Crippen LogP contribution in [0.5, 0.6) is 0 Å². The minimum absolute atomic E-state index is 0.00304. The number of hydrogen-bond acceptors (Lipinski definition) is 3. The molecular weight excluding hydrogens is 222 g/mol. The first-order chi connectivity index (χ1) is 7.50. The zero-order valence-corrected chi connectivity index (χ0v) is 10.2. The number of rotatable bonds is 4. The Bertz CT molecular complexity index is 406. The van der Waals surface area contributed by atoms with Crippen LogP contribution in [0.3, 0.4) is 0 Å². The van der Waals surface area contributed by atoms with Gasteiger partial charge in [0.05, 0.1) is 10.6 Å². The van der Waals surface area contributed by atoms with Gasteiger partial charge in [0, 0.05) is 24.9 Å². The lowest BCUT2D eigenvalue weighted by Gasteiger charge is -2.10. The van der Waals surface area contributed by atoms with Gasteiger partial charge in [-0.2, -0.15) is 0 Å². The van der Waals surface area contributed by atoms with Crippen molar-refractivity contribution in [3.8, 4) is 0 Å². The smallest absolute Gasteiger partial charge is 0.252 e. The molecule has 4 nitrogen and oxygen atoms in total. The van der Waals surface area contributed by atoms with Gasteiger partial charge in [-0.3, -0.25) is 9.78 Å². The third-order valence-corrected chi connectivity index (χ3v) is 2.59. The Balaban J connectivity index is 2.56. The highest BCUT2D eigenvalue weighted by atomic mass is 32.1. The fourth-order valence-electron chi connectivity index (χ4n) is 1.13. The molecule has 0 aliphatic carbocycles. The van der Waals surface area contributed by atoms with Crippen molar-refractivity contribution in [1.82, 2.24) is 10.3 Å². The van der Waals surface area contributed by atoms with Crippen LogP contribution in [0.2, 0.25) is 0 Å². The molecule has 16 heavy (non-hydrogen) atoms. The van der Waals surface area contributed by atoms with Gasteiger partial charge in [-0.1, -0.05) is 19.1 Å². The first kappa shape index (κ1) is 12.6. The molecule has 0 radical (unpaired) electrons. The maximum absolute atomic E-state index is 11.7. The summed E-state index contributed by atoms with van der Waals surface area (Å²) < 4.78 is 0. The second kappa shape index (κ2) is 5.55. The van der Waals surface area contributed by atoms with Crippen molar-refractivity contribution in [2.75, 3.05) is 6.54 Å². The molecule has 0 bridgehead atoms. The summed E-state index contributed by atoms with van der Waals surface area (Å²) in [6, 6.07) is 1.79. The molecular formula is C11H15N3OS. The lowest BCUT2D eigenvalue weighted by Crippen LogP contribution is -2.33. The molecule has 0 fully saturated rings. The Morgan fingerprint density at radius 3 is 2.88 bits per heavy atom. The van der Waals surface area contributed by atoms with E-state index in [9.17, 15) is 4.79 Å². The summed E-state index contributed by atoms with van der Waals surface area (Å²) in [5, 5.41) is 2.76. The van der Waals surface area contributed by atoms with E-state index in [-0.39, 0.29) is 11.8 Å². The molecule has 1 rings (SSSR count). The molecule has 0 aliphatic rings. The van der Waals surface area contributed by atoms with Crippen LogP contribution in [0.15, 0.2) is 18.5 Å². The monoisotopic (exact) mass is 237 g/mol. The van der Waals surface area contributed by atoms with Crippen LogP contribution in [-0.4, -0.2) is 22.4 Å². The first-order valence-electron chi connectivity index (χ1n) is 5.00. The zero-order valence-electron chi connectivity index (χ0n) is 9.36. The summed E-state index contributed by atoms with van der Waals surface area (Å²) in [6.07, 6.45) is 3.24. The average molecular weight is 237 g/mol. The van der Waals surface area contributed by atoms with Crippen molar-refractivity contribution in [3.63, 3.8) is 0 Å². The molecule has 0 spiro atoms. The number of aromatic nitrogens is 1. The highest BCUT2D eigenvalue weighted by Crippen LogP contribution is 2.01. The van der Waals surface area contributed by atoms with Crippen molar-refractivity contribution in [2.24, 2.45) is 11.7 Å². The predicted octanol–water partition coefficient (Wildman–Crippen LogP) is 1.04. The van der Waals surface area contributed by atoms with Gasteiger partial charge in [0.2, 0.25) is 0 Å². The molecule has 1 aromatic heterocycles. The summed E-state index contributed by atoms with van der Waals surface area (Å²) in [6.45, 7) is 4.21. The van der Waals surface area contributed by atoms with E-state index in [1.54, 1.807) is 12.3 Å². The Morgan fingerprint density at radius 2 is 2.31 bits per heavy atom. The van der Waals surface area contributed by atoms with Gasteiger partial charge in [0.1, 0.15) is 0 Å². The van der Waals surface area contributed by atoms with Gasteiger partial charge < -0.3 is 11.1 Å². The van der Waals surface area contributed by atoms with Crippen LogP contribution in [0.25, 0.3) is 0 Å². The van der Waals surface area contributed by atoms with Crippen molar-refractivity contribution in [1.29, 1.82) is 0 Å². The van der Waals surface area contributed by atoms with Crippen LogP contribution in [-0.2, 0) is 0 Å². The fourth-order valence-corrected chi connectivity index (χ4v) is 1.21. The number of aryl methyl sites for hydroxylation is 1. The standard InChI is InChI=1S/C11H15N3OS/c1-7-3-9(6-13-4-7)11(15)14-5-8(2)10(12)16/h3-4,6,8H,5H2,1-2H3,(H2,12,16)(H,14,15). The number of nitrogens with two attached hydrogens (primary N) is 1. The van der Waals surface area contributed by atoms with Gasteiger partial charge in [0.25, 0.3) is 5.91 Å². The second-order valence-corrected chi connectivity index (χ2v) is 4.24. The van der Waals surface area contributed by atoms with Gasteiger partial charge in [-0.25, -0.2) is 0 Å². The van der Waals surface area contributed by atoms with E-state index in [1.807, 2.05) is 13.8 Å². The maximum atomic E-state index is 11.7. The number of thiocarbonyl (C=S) groups is 1. The molecule has 3 N–H and O–H groups in total. The van der Waals surface area contributed by atoms with E-state index in [4.69, 9.17) is 18.0 Å². The van der Waals surface area contributed by atoms with E-state index in [2.05, 4.69) is 10.3 Å². The third-order valence-electron chi connectivity index (χ3n) is 2.19. The lowest BCUT2D eigenvalue weighted by molar-refractivity contribution is 0.0951. The van der Waals surface area contributed by atoms with Crippen molar-refractivity contribution in [3.05, 3.63) is 29.6 Å². The van der Waals surface area contributed by atoms with Gasteiger partial charge >= 0.3 is 0 Å². The molecule has 0 saturated carbocycles. The quantitative estimate of drug-likeness (QED) is 0.768. The van der Waals surface area contributed by atoms with Crippen LogP contribution >= 0.6 is 12.2 Å². The highest BCUT2D eigenvalue weighted by molar-refractivity contribution is 7.80. The number of nitrogens with one attached hydrogen (secondary N) is 1. The van der Waals surface area contributed by atoms with E-state index in [1.165, 1.54) is 6.20 Å². The number of carbonyl (C=O) groups excluding carboxylic acids is 1. The maximum Gasteiger partial charge on any atom is 0.252 e. The normalized spacial score (nSPS) is 11.9. The van der Waals surface area contributed by atoms with Gasteiger partial charge in [-0.15, -0.1) is 0 Å². The molecule has 1 aromatic rings. The van der Waals surface area contributed by atoms with Crippen LogP contribution in [0.4, 0.5) is 0 Å². The second-order valence-electron chi connectivity index (χ2n) is 3.76. The molecule has 1 heterocycles. The van der Waals surface area contributed by atoms with Crippen LogP contribution in [0, 0.1) is 12.8 Å². The van der Waals surface area contributed by atoms with Crippen molar-refractivity contribution < 1.29 is 4.79 Å². The molecule has 1 amide bonds. The topological polar surface area (TPSA) is 68.0 Å². The summed E-state index contributed by atoms with van der Waals surface area (Å²) in [7, 11) is 0. The number of hydrogen-bond donors (Lipinski definition) is 2. The van der Waals surface area contributed by atoms with Crippen LogP contribution < -0.4 is 11.1 Å². The Morgan fingerprint density at radius 1 is 1.62 bits per heavy atom. The summed E-state index contributed by atoms with van der Waals surface area (Å²) in [5.74, 6) is -0.156. The largest absolute Gasteiger partial charge is 0.393 e. The van der Waals surface area contributed by atoms with Crippen LogP contribution in [0.1, 0.15) is 22.8 Å². The number of pyridine rings is 1. The summed E-state index contributed by atoms with van der Waals surface area (Å²) >= 11 is 4.82. The minimum atomic E-state index is -0.153. The van der Waals surface area contributed by atoms with Gasteiger partial charge in [-0.05, 0) is 18.6 Å². The summed E-state index contributed by atoms with van der Waals surface area (Å²) in [5.41, 5.74) is 6.96. The average Bonchev–Trinajstić information content (AvgIpc) is 2.25. The van der Waals surface area contributed by atoms with E-state index >= 15 is 0 Å². The molecule has 1 atom stereocenters. The minimum Gasteiger partial charge on any atom is -0.393 e. The van der Waals surface area contributed by atoms with Crippen molar-refractivity contribution >= 4 is 23.1 Å².